The van der Waals surface area contributed by atoms with Crippen LogP contribution in [0.1, 0.15) is 51.4 Å². The number of thioether (sulfide) groups is 1. The number of amides is 1. The molecule has 182 valence electrons. The maximum Gasteiger partial charge on any atom is 0.446 e. The zero-order valence-electron chi connectivity index (χ0n) is 18.9. The Labute approximate surface area is 198 Å². The van der Waals surface area contributed by atoms with E-state index in [9.17, 15) is 18.0 Å². The van der Waals surface area contributed by atoms with Gasteiger partial charge in [-0.1, -0.05) is 6.07 Å². The molecule has 1 aromatic carbocycles. The van der Waals surface area contributed by atoms with Gasteiger partial charge >= 0.3 is 5.51 Å². The Kier molecular flexibility index (Phi) is 9.75. The molecule has 2 fully saturated rings. The SMILES string of the molecule is N#CCCCC(=O)NC1CCC(CCN2CCN(c3cccc(SC(F)(F)F)c3)CC2)CC1. The van der Waals surface area contributed by atoms with Gasteiger partial charge in [-0.2, -0.15) is 18.4 Å². The van der Waals surface area contributed by atoms with Gasteiger partial charge in [0.25, 0.3) is 0 Å². The second kappa shape index (κ2) is 12.5. The van der Waals surface area contributed by atoms with Crippen LogP contribution in [0.5, 0.6) is 0 Å². The van der Waals surface area contributed by atoms with Gasteiger partial charge in [0.1, 0.15) is 0 Å². The van der Waals surface area contributed by atoms with Gasteiger partial charge in [-0.15, -0.1) is 0 Å². The number of hydrogen-bond acceptors (Lipinski definition) is 5. The standard InChI is InChI=1S/C24H33F3N4OS/c25-24(26,27)33-22-5-3-4-21(18-22)31-16-14-30(15-17-31)13-11-19-7-9-20(10-8-19)29-23(32)6-1-2-12-28/h3-5,18-20H,1-2,6-11,13-17H2,(H,29,32). The molecule has 1 aliphatic carbocycles. The predicted octanol–water partition coefficient (Wildman–Crippen LogP) is 5.18. The van der Waals surface area contributed by atoms with Crippen molar-refractivity contribution in [1.82, 2.24) is 10.2 Å². The largest absolute Gasteiger partial charge is 0.446 e. The minimum absolute atomic E-state index is 0.0611. The van der Waals surface area contributed by atoms with Gasteiger partial charge in [0, 0.05) is 55.6 Å². The lowest BCUT2D eigenvalue weighted by Crippen LogP contribution is -2.47. The number of nitriles is 1. The second-order valence-corrected chi connectivity index (χ2v) is 10.1. The van der Waals surface area contributed by atoms with Crippen molar-refractivity contribution in [3.63, 3.8) is 0 Å². The van der Waals surface area contributed by atoms with Crippen LogP contribution in [0.4, 0.5) is 18.9 Å². The van der Waals surface area contributed by atoms with E-state index in [1.165, 1.54) is 6.07 Å². The van der Waals surface area contributed by atoms with E-state index in [4.69, 9.17) is 5.26 Å². The maximum absolute atomic E-state index is 12.7. The minimum Gasteiger partial charge on any atom is -0.369 e. The van der Waals surface area contributed by atoms with Crippen LogP contribution in [0, 0.1) is 17.2 Å². The third-order valence-electron chi connectivity index (χ3n) is 6.55. The third-order valence-corrected chi connectivity index (χ3v) is 7.27. The van der Waals surface area contributed by atoms with Crippen LogP contribution >= 0.6 is 11.8 Å². The number of rotatable bonds is 9. The summed E-state index contributed by atoms with van der Waals surface area (Å²) in [5, 5.41) is 11.7. The molecule has 1 aliphatic heterocycles. The van der Waals surface area contributed by atoms with Crippen molar-refractivity contribution in [2.45, 2.75) is 67.8 Å². The molecule has 1 amide bonds. The fourth-order valence-electron chi connectivity index (χ4n) is 4.70. The molecule has 0 spiro atoms. The van der Waals surface area contributed by atoms with Crippen LogP contribution in [0.2, 0.25) is 0 Å². The number of unbranched alkanes of at least 4 members (excludes halogenated alkanes) is 1. The van der Waals surface area contributed by atoms with Crippen LogP contribution in [0.3, 0.4) is 0 Å². The van der Waals surface area contributed by atoms with Crippen LogP contribution in [0.25, 0.3) is 0 Å². The van der Waals surface area contributed by atoms with E-state index in [0.717, 1.165) is 70.5 Å². The number of hydrogen-bond donors (Lipinski definition) is 1. The Hall–Kier alpha value is -1.92. The van der Waals surface area contributed by atoms with Crippen molar-refractivity contribution in [2.75, 3.05) is 37.6 Å². The molecule has 9 heteroatoms. The van der Waals surface area contributed by atoms with E-state index >= 15 is 0 Å². The lowest BCUT2D eigenvalue weighted by Gasteiger charge is -2.37. The number of alkyl halides is 3. The molecule has 3 rings (SSSR count). The molecule has 5 nitrogen and oxygen atoms in total. The zero-order valence-corrected chi connectivity index (χ0v) is 19.8. The first-order chi connectivity index (χ1) is 15.8. The average molecular weight is 483 g/mol. The minimum atomic E-state index is -4.26. The lowest BCUT2D eigenvalue weighted by atomic mass is 9.84. The molecule has 0 unspecified atom stereocenters. The molecule has 1 saturated heterocycles. The fraction of sp³-hybridized carbons (Fsp3) is 0.667. The molecule has 2 aliphatic rings. The summed E-state index contributed by atoms with van der Waals surface area (Å²) in [4.78, 5) is 16.8. The topological polar surface area (TPSA) is 59.4 Å². The van der Waals surface area contributed by atoms with Gasteiger partial charge in [-0.05, 0) is 80.9 Å². The predicted molar refractivity (Wildman–Crippen MR) is 125 cm³/mol. The summed E-state index contributed by atoms with van der Waals surface area (Å²) < 4.78 is 38.0. The number of nitrogens with zero attached hydrogens (tertiary/aromatic N) is 3. The average Bonchev–Trinajstić information content (AvgIpc) is 2.78. The third kappa shape index (κ3) is 9.09. The molecular weight excluding hydrogens is 449 g/mol. The monoisotopic (exact) mass is 482 g/mol. The highest BCUT2D eigenvalue weighted by molar-refractivity contribution is 8.00. The van der Waals surface area contributed by atoms with Crippen LogP contribution in [-0.2, 0) is 4.79 Å². The number of benzene rings is 1. The zero-order chi connectivity index (χ0) is 23.7. The molecular formula is C24H33F3N4OS. The Morgan fingerprint density at radius 1 is 1.15 bits per heavy atom. The van der Waals surface area contributed by atoms with Crippen molar-refractivity contribution in [3.05, 3.63) is 24.3 Å². The number of anilines is 1. The Balaban J connectivity index is 1.33. The van der Waals surface area contributed by atoms with E-state index < -0.39 is 5.51 Å². The number of piperazine rings is 1. The van der Waals surface area contributed by atoms with Crippen molar-refractivity contribution in [3.8, 4) is 6.07 Å². The molecule has 33 heavy (non-hydrogen) atoms. The van der Waals surface area contributed by atoms with Gasteiger partial charge < -0.3 is 10.2 Å². The van der Waals surface area contributed by atoms with Crippen molar-refractivity contribution < 1.29 is 18.0 Å². The van der Waals surface area contributed by atoms with E-state index in [1.54, 1.807) is 12.1 Å². The molecule has 0 aromatic heterocycles. The number of carbonyl (C=O) groups excluding carboxylic acids is 1. The Bertz CT molecular complexity index is 798. The number of nitrogens with one attached hydrogen (secondary N) is 1. The highest BCUT2D eigenvalue weighted by Crippen LogP contribution is 2.38. The van der Waals surface area contributed by atoms with Crippen LogP contribution in [0.15, 0.2) is 29.2 Å². The smallest absolute Gasteiger partial charge is 0.369 e. The van der Waals surface area contributed by atoms with Crippen LogP contribution < -0.4 is 10.2 Å². The fourth-order valence-corrected chi connectivity index (χ4v) is 5.29. The molecule has 1 N–H and O–H groups in total. The first-order valence-electron chi connectivity index (χ1n) is 11.8. The first-order valence-corrected chi connectivity index (χ1v) is 12.6. The molecule has 1 heterocycles. The molecule has 1 saturated carbocycles. The van der Waals surface area contributed by atoms with E-state index in [2.05, 4.69) is 21.2 Å². The summed E-state index contributed by atoms with van der Waals surface area (Å²) in [5.41, 5.74) is -3.41. The quantitative estimate of drug-likeness (QED) is 0.388. The summed E-state index contributed by atoms with van der Waals surface area (Å²) >= 11 is -0.0611. The summed E-state index contributed by atoms with van der Waals surface area (Å²) in [7, 11) is 0. The molecule has 0 atom stereocenters. The molecule has 1 aromatic rings. The van der Waals surface area contributed by atoms with E-state index in [0.29, 0.717) is 25.2 Å². The first kappa shape index (κ1) is 25.7. The summed E-state index contributed by atoms with van der Waals surface area (Å²) in [6, 6.07) is 9.06. The van der Waals surface area contributed by atoms with Gasteiger partial charge in [0.15, 0.2) is 0 Å². The van der Waals surface area contributed by atoms with Crippen molar-refractivity contribution >= 4 is 23.4 Å². The highest BCUT2D eigenvalue weighted by atomic mass is 32.2. The lowest BCUT2D eigenvalue weighted by molar-refractivity contribution is -0.122. The van der Waals surface area contributed by atoms with Crippen molar-refractivity contribution in [2.24, 2.45) is 5.92 Å². The highest BCUT2D eigenvalue weighted by Gasteiger charge is 2.29. The summed E-state index contributed by atoms with van der Waals surface area (Å²) in [6.07, 6.45) is 6.95. The summed E-state index contributed by atoms with van der Waals surface area (Å²) in [5.74, 6) is 0.750. The van der Waals surface area contributed by atoms with Gasteiger partial charge in [-0.3, -0.25) is 9.69 Å². The second-order valence-electron chi connectivity index (χ2n) is 8.96. The number of halogens is 3. The van der Waals surface area contributed by atoms with Gasteiger partial charge in [-0.25, -0.2) is 0 Å². The molecule has 0 radical (unpaired) electrons. The van der Waals surface area contributed by atoms with Gasteiger partial charge in [0.05, 0.1) is 6.07 Å². The summed E-state index contributed by atoms with van der Waals surface area (Å²) in [6.45, 7) is 4.54. The van der Waals surface area contributed by atoms with Crippen molar-refractivity contribution in [1.29, 1.82) is 5.26 Å². The number of carbonyl (C=O) groups is 1. The maximum atomic E-state index is 12.7. The van der Waals surface area contributed by atoms with E-state index in [1.807, 2.05) is 6.07 Å². The normalized spacial score (nSPS) is 22.1. The van der Waals surface area contributed by atoms with E-state index in [-0.39, 0.29) is 28.6 Å². The molecule has 0 bridgehead atoms. The Morgan fingerprint density at radius 2 is 1.88 bits per heavy atom. The van der Waals surface area contributed by atoms with Crippen LogP contribution in [-0.4, -0.2) is 55.1 Å². The Morgan fingerprint density at radius 3 is 2.55 bits per heavy atom. The van der Waals surface area contributed by atoms with Gasteiger partial charge in [0.2, 0.25) is 5.91 Å².